The molecule has 0 heterocycles. The van der Waals surface area contributed by atoms with Crippen LogP contribution in [0.25, 0.3) is 0 Å². The molecule has 1 amide bonds. The molecule has 2 unspecified atom stereocenters. The zero-order valence-electron chi connectivity index (χ0n) is 10.3. The second-order valence-electron chi connectivity index (χ2n) is 3.97. The van der Waals surface area contributed by atoms with Crippen LogP contribution < -0.4 is 5.73 Å². The zero-order chi connectivity index (χ0) is 12.7. The molecule has 0 aromatic rings. The molecular weight excluding hydrogens is 208 g/mol. The summed E-state index contributed by atoms with van der Waals surface area (Å²) < 4.78 is 0. The highest BCUT2D eigenvalue weighted by atomic mass is 16.4. The Bertz CT molecular complexity index is 243. The third kappa shape index (κ3) is 4.61. The average Bonchev–Trinajstić information content (AvgIpc) is 2.17. The normalized spacial score (nSPS) is 14.2. The summed E-state index contributed by atoms with van der Waals surface area (Å²) in [6.07, 6.45) is 1.44. The topological polar surface area (TPSA) is 83.6 Å². The second kappa shape index (κ2) is 7.22. The number of carboxylic acid groups (broad SMARTS) is 1. The van der Waals surface area contributed by atoms with Gasteiger partial charge in [0.05, 0.1) is 12.5 Å². The van der Waals surface area contributed by atoms with E-state index in [0.29, 0.717) is 13.0 Å². The van der Waals surface area contributed by atoms with Gasteiger partial charge in [0.1, 0.15) is 0 Å². The first kappa shape index (κ1) is 14.9. The lowest BCUT2D eigenvalue weighted by Crippen LogP contribution is -2.48. The lowest BCUT2D eigenvalue weighted by atomic mass is 10.1. The van der Waals surface area contributed by atoms with Crippen molar-refractivity contribution in [1.29, 1.82) is 0 Å². The van der Waals surface area contributed by atoms with Crippen molar-refractivity contribution in [1.82, 2.24) is 4.90 Å². The number of hydrogen-bond acceptors (Lipinski definition) is 3. The molecule has 0 aromatic heterocycles. The van der Waals surface area contributed by atoms with Crippen molar-refractivity contribution in [3.05, 3.63) is 0 Å². The lowest BCUT2D eigenvalue weighted by molar-refractivity contribution is -0.140. The predicted octanol–water partition coefficient (Wildman–Crippen LogP) is 0.825. The summed E-state index contributed by atoms with van der Waals surface area (Å²) in [4.78, 5) is 24.0. The van der Waals surface area contributed by atoms with Gasteiger partial charge in [-0.3, -0.25) is 9.59 Å². The van der Waals surface area contributed by atoms with Crippen LogP contribution in [-0.4, -0.2) is 40.5 Å². The highest BCUT2D eigenvalue weighted by Gasteiger charge is 2.24. The number of carbonyl (C=O) groups excluding carboxylic acids is 1. The van der Waals surface area contributed by atoms with Gasteiger partial charge in [0, 0.05) is 12.6 Å². The molecule has 0 fully saturated rings. The van der Waals surface area contributed by atoms with Gasteiger partial charge in [0.15, 0.2) is 0 Å². The third-order valence-electron chi connectivity index (χ3n) is 2.54. The van der Waals surface area contributed by atoms with Gasteiger partial charge in [0.2, 0.25) is 5.91 Å². The van der Waals surface area contributed by atoms with Crippen LogP contribution in [0.2, 0.25) is 0 Å². The molecule has 16 heavy (non-hydrogen) atoms. The number of amides is 1. The van der Waals surface area contributed by atoms with Crippen molar-refractivity contribution in [3.8, 4) is 0 Å². The van der Waals surface area contributed by atoms with Gasteiger partial charge in [-0.1, -0.05) is 13.3 Å². The molecule has 5 nitrogen and oxygen atoms in total. The predicted molar refractivity (Wildman–Crippen MR) is 62.0 cm³/mol. The van der Waals surface area contributed by atoms with Gasteiger partial charge < -0.3 is 15.7 Å². The number of likely N-dealkylation sites (N-methyl/N-ethyl adjacent to an activating group) is 1. The summed E-state index contributed by atoms with van der Waals surface area (Å²) in [5.41, 5.74) is 5.73. The van der Waals surface area contributed by atoms with Crippen LogP contribution in [-0.2, 0) is 9.59 Å². The Kier molecular flexibility index (Phi) is 6.72. The standard InChI is InChI=1S/C11H22N2O3/c1-4-6-9(12)11(16)13(5-2)8(3)7-10(14)15/h8-9H,4-7,12H2,1-3H3,(H,14,15). The first-order chi connectivity index (χ1) is 7.43. The van der Waals surface area contributed by atoms with Gasteiger partial charge in [-0.15, -0.1) is 0 Å². The summed E-state index contributed by atoms with van der Waals surface area (Å²) in [5.74, 6) is -1.05. The fraction of sp³-hybridized carbons (Fsp3) is 0.818. The van der Waals surface area contributed by atoms with E-state index >= 15 is 0 Å². The van der Waals surface area contributed by atoms with E-state index in [4.69, 9.17) is 10.8 Å². The number of hydrogen-bond donors (Lipinski definition) is 2. The minimum absolute atomic E-state index is 0.0432. The maximum Gasteiger partial charge on any atom is 0.305 e. The van der Waals surface area contributed by atoms with Crippen molar-refractivity contribution in [2.75, 3.05) is 6.54 Å². The molecule has 0 bridgehead atoms. The van der Waals surface area contributed by atoms with Crippen molar-refractivity contribution in [3.63, 3.8) is 0 Å². The Morgan fingerprint density at radius 3 is 2.31 bits per heavy atom. The number of aliphatic carboxylic acids is 1. The first-order valence-electron chi connectivity index (χ1n) is 5.71. The van der Waals surface area contributed by atoms with Gasteiger partial charge >= 0.3 is 5.97 Å². The summed E-state index contributed by atoms with van der Waals surface area (Å²) in [7, 11) is 0. The Morgan fingerprint density at radius 2 is 1.94 bits per heavy atom. The number of carbonyl (C=O) groups is 2. The lowest BCUT2D eigenvalue weighted by Gasteiger charge is -2.29. The van der Waals surface area contributed by atoms with Gasteiger partial charge in [-0.25, -0.2) is 0 Å². The van der Waals surface area contributed by atoms with Crippen molar-refractivity contribution < 1.29 is 14.7 Å². The maximum atomic E-state index is 11.9. The molecule has 0 aliphatic rings. The van der Waals surface area contributed by atoms with Crippen LogP contribution in [0, 0.1) is 0 Å². The van der Waals surface area contributed by atoms with Crippen LogP contribution in [0.15, 0.2) is 0 Å². The number of rotatable bonds is 7. The molecule has 0 aliphatic heterocycles. The highest BCUT2D eigenvalue weighted by Crippen LogP contribution is 2.08. The Balaban J connectivity index is 4.46. The molecule has 0 saturated carbocycles. The summed E-state index contributed by atoms with van der Waals surface area (Å²) in [6.45, 7) is 6.01. The van der Waals surface area contributed by atoms with Gasteiger partial charge in [-0.05, 0) is 20.3 Å². The zero-order valence-corrected chi connectivity index (χ0v) is 10.3. The molecule has 0 spiro atoms. The van der Waals surface area contributed by atoms with E-state index in [1.807, 2.05) is 13.8 Å². The molecule has 0 rings (SSSR count). The minimum Gasteiger partial charge on any atom is -0.481 e. The van der Waals surface area contributed by atoms with Crippen LogP contribution in [0.3, 0.4) is 0 Å². The SMILES string of the molecule is CCCC(N)C(=O)N(CC)C(C)CC(=O)O. The fourth-order valence-electron chi connectivity index (χ4n) is 1.70. The molecule has 94 valence electrons. The van der Waals surface area contributed by atoms with E-state index < -0.39 is 12.0 Å². The molecule has 0 saturated heterocycles. The Hall–Kier alpha value is -1.10. The van der Waals surface area contributed by atoms with E-state index in [2.05, 4.69) is 0 Å². The number of nitrogens with zero attached hydrogens (tertiary/aromatic N) is 1. The third-order valence-corrected chi connectivity index (χ3v) is 2.54. The van der Waals surface area contributed by atoms with Crippen molar-refractivity contribution in [2.45, 2.75) is 52.1 Å². The van der Waals surface area contributed by atoms with Crippen LogP contribution >= 0.6 is 0 Å². The van der Waals surface area contributed by atoms with Crippen LogP contribution in [0.1, 0.15) is 40.0 Å². The van der Waals surface area contributed by atoms with Gasteiger partial charge in [-0.2, -0.15) is 0 Å². The Labute approximate surface area is 96.6 Å². The van der Waals surface area contributed by atoms with E-state index in [1.54, 1.807) is 6.92 Å². The van der Waals surface area contributed by atoms with E-state index in [9.17, 15) is 9.59 Å². The molecule has 0 aromatic carbocycles. The van der Waals surface area contributed by atoms with E-state index in [1.165, 1.54) is 4.90 Å². The molecule has 2 atom stereocenters. The molecule has 3 N–H and O–H groups in total. The summed E-state index contributed by atoms with van der Waals surface area (Å²) >= 11 is 0. The quantitative estimate of drug-likeness (QED) is 0.678. The summed E-state index contributed by atoms with van der Waals surface area (Å²) in [6, 6.07) is -0.820. The summed E-state index contributed by atoms with van der Waals surface area (Å²) in [5, 5.41) is 8.68. The number of carboxylic acids is 1. The van der Waals surface area contributed by atoms with Gasteiger partial charge in [0.25, 0.3) is 0 Å². The highest BCUT2D eigenvalue weighted by molar-refractivity contribution is 5.82. The monoisotopic (exact) mass is 230 g/mol. The second-order valence-corrected chi connectivity index (χ2v) is 3.97. The van der Waals surface area contributed by atoms with Crippen molar-refractivity contribution in [2.24, 2.45) is 5.73 Å². The average molecular weight is 230 g/mol. The smallest absolute Gasteiger partial charge is 0.305 e. The Morgan fingerprint density at radius 1 is 1.38 bits per heavy atom. The molecule has 0 radical (unpaired) electrons. The fourth-order valence-corrected chi connectivity index (χ4v) is 1.70. The van der Waals surface area contributed by atoms with Crippen molar-refractivity contribution >= 4 is 11.9 Å². The van der Waals surface area contributed by atoms with E-state index in [0.717, 1.165) is 6.42 Å². The number of nitrogens with two attached hydrogens (primary N) is 1. The largest absolute Gasteiger partial charge is 0.481 e. The van der Waals surface area contributed by atoms with Crippen LogP contribution in [0.5, 0.6) is 0 Å². The maximum absolute atomic E-state index is 11.9. The first-order valence-corrected chi connectivity index (χ1v) is 5.71. The van der Waals surface area contributed by atoms with Crippen LogP contribution in [0.4, 0.5) is 0 Å². The molecule has 5 heteroatoms. The molecular formula is C11H22N2O3. The molecule has 0 aliphatic carbocycles. The minimum atomic E-state index is -0.900. The van der Waals surface area contributed by atoms with E-state index in [-0.39, 0.29) is 18.4 Å².